The van der Waals surface area contributed by atoms with Gasteiger partial charge in [-0.2, -0.15) is 0 Å². The van der Waals surface area contributed by atoms with Crippen LogP contribution in [-0.4, -0.2) is 38.5 Å². The SMILES string of the molecule is COc1cccc(-c2cnc([C@@H]3CCCN3Cc3nc4ccccc4c(=O)[nH]3)[nH]2)c1. The molecule has 5 rings (SSSR count). The van der Waals surface area contributed by atoms with Crippen LogP contribution in [-0.2, 0) is 6.54 Å². The molecule has 4 aromatic rings. The Morgan fingerprint density at radius 3 is 2.97 bits per heavy atom. The predicted octanol–water partition coefficient (Wildman–Crippen LogP) is 3.66. The van der Waals surface area contributed by atoms with E-state index in [1.165, 1.54) is 0 Å². The van der Waals surface area contributed by atoms with Crippen molar-refractivity contribution in [2.75, 3.05) is 13.7 Å². The predicted molar refractivity (Wildman–Crippen MR) is 115 cm³/mol. The molecule has 3 heterocycles. The molecule has 1 aliphatic heterocycles. The molecule has 0 saturated carbocycles. The Labute approximate surface area is 173 Å². The highest BCUT2D eigenvalue weighted by atomic mass is 16.5. The fraction of sp³-hybridized carbons (Fsp3) is 0.261. The molecule has 152 valence electrons. The lowest BCUT2D eigenvalue weighted by Crippen LogP contribution is -2.26. The first-order valence-corrected chi connectivity index (χ1v) is 10.1. The lowest BCUT2D eigenvalue weighted by atomic mass is 10.1. The molecule has 2 N–H and O–H groups in total. The van der Waals surface area contributed by atoms with E-state index in [4.69, 9.17) is 4.74 Å². The number of aromatic amines is 2. The minimum atomic E-state index is -0.0929. The number of nitrogens with zero attached hydrogens (tertiary/aromatic N) is 3. The molecule has 1 atom stereocenters. The number of methoxy groups -OCH3 is 1. The molecule has 1 saturated heterocycles. The van der Waals surface area contributed by atoms with Crippen LogP contribution in [0.4, 0.5) is 0 Å². The Morgan fingerprint density at radius 1 is 1.17 bits per heavy atom. The van der Waals surface area contributed by atoms with E-state index < -0.39 is 0 Å². The maximum absolute atomic E-state index is 12.4. The summed E-state index contributed by atoms with van der Waals surface area (Å²) in [6, 6.07) is 15.5. The summed E-state index contributed by atoms with van der Waals surface area (Å²) < 4.78 is 5.33. The average molecular weight is 401 g/mol. The number of likely N-dealkylation sites (tertiary alicyclic amines) is 1. The molecular formula is C23H23N5O2. The smallest absolute Gasteiger partial charge is 0.258 e. The number of fused-ring (bicyclic) bond motifs is 1. The molecule has 2 aromatic carbocycles. The lowest BCUT2D eigenvalue weighted by Gasteiger charge is -2.22. The Balaban J connectivity index is 1.39. The molecule has 0 spiro atoms. The van der Waals surface area contributed by atoms with Crippen LogP contribution in [0.5, 0.6) is 5.75 Å². The van der Waals surface area contributed by atoms with E-state index in [0.717, 1.165) is 47.7 Å². The van der Waals surface area contributed by atoms with Gasteiger partial charge in [-0.15, -0.1) is 0 Å². The largest absolute Gasteiger partial charge is 0.497 e. The van der Waals surface area contributed by atoms with E-state index in [2.05, 4.69) is 24.8 Å². The van der Waals surface area contributed by atoms with E-state index in [1.54, 1.807) is 13.2 Å². The topological polar surface area (TPSA) is 86.9 Å². The van der Waals surface area contributed by atoms with Crippen molar-refractivity contribution in [3.05, 3.63) is 76.7 Å². The number of benzene rings is 2. The van der Waals surface area contributed by atoms with Crippen molar-refractivity contribution in [2.45, 2.75) is 25.4 Å². The van der Waals surface area contributed by atoms with Gasteiger partial charge in [-0.3, -0.25) is 9.69 Å². The minimum absolute atomic E-state index is 0.0929. The highest BCUT2D eigenvalue weighted by molar-refractivity contribution is 5.77. The number of aromatic nitrogens is 4. The molecule has 0 amide bonds. The van der Waals surface area contributed by atoms with Gasteiger partial charge in [0.1, 0.15) is 17.4 Å². The zero-order chi connectivity index (χ0) is 20.5. The van der Waals surface area contributed by atoms with Gasteiger partial charge in [-0.1, -0.05) is 24.3 Å². The molecule has 2 aromatic heterocycles. The second-order valence-electron chi connectivity index (χ2n) is 7.57. The molecule has 0 aliphatic carbocycles. The van der Waals surface area contributed by atoms with Gasteiger partial charge in [-0.05, 0) is 43.7 Å². The third kappa shape index (κ3) is 3.48. The summed E-state index contributed by atoms with van der Waals surface area (Å²) in [5.74, 6) is 2.44. The molecule has 0 unspecified atom stereocenters. The van der Waals surface area contributed by atoms with Gasteiger partial charge >= 0.3 is 0 Å². The van der Waals surface area contributed by atoms with Crippen LogP contribution in [0.2, 0.25) is 0 Å². The number of ether oxygens (including phenoxy) is 1. The van der Waals surface area contributed by atoms with Crippen molar-refractivity contribution in [3.8, 4) is 17.0 Å². The summed E-state index contributed by atoms with van der Waals surface area (Å²) in [5.41, 5.74) is 2.64. The highest BCUT2D eigenvalue weighted by Crippen LogP contribution is 2.32. The summed E-state index contributed by atoms with van der Waals surface area (Å²) in [4.78, 5) is 30.5. The summed E-state index contributed by atoms with van der Waals surface area (Å²) in [7, 11) is 1.67. The minimum Gasteiger partial charge on any atom is -0.497 e. The van der Waals surface area contributed by atoms with Gasteiger partial charge in [0.15, 0.2) is 0 Å². The third-order valence-corrected chi connectivity index (χ3v) is 5.67. The van der Waals surface area contributed by atoms with Gasteiger partial charge < -0.3 is 14.7 Å². The zero-order valence-corrected chi connectivity index (χ0v) is 16.8. The monoisotopic (exact) mass is 401 g/mol. The van der Waals surface area contributed by atoms with E-state index in [0.29, 0.717) is 17.8 Å². The van der Waals surface area contributed by atoms with Crippen molar-refractivity contribution >= 4 is 10.9 Å². The molecular weight excluding hydrogens is 378 g/mol. The molecule has 1 fully saturated rings. The lowest BCUT2D eigenvalue weighted by molar-refractivity contribution is 0.235. The number of hydrogen-bond acceptors (Lipinski definition) is 5. The number of hydrogen-bond donors (Lipinski definition) is 2. The van der Waals surface area contributed by atoms with E-state index in [9.17, 15) is 4.79 Å². The van der Waals surface area contributed by atoms with Crippen molar-refractivity contribution in [3.63, 3.8) is 0 Å². The van der Waals surface area contributed by atoms with E-state index in [-0.39, 0.29) is 11.6 Å². The van der Waals surface area contributed by atoms with Crippen LogP contribution in [0, 0.1) is 0 Å². The van der Waals surface area contributed by atoms with Crippen LogP contribution in [0.25, 0.3) is 22.2 Å². The number of nitrogens with one attached hydrogen (secondary N) is 2. The second kappa shape index (κ2) is 7.76. The molecule has 1 aliphatic rings. The second-order valence-corrected chi connectivity index (χ2v) is 7.57. The van der Waals surface area contributed by atoms with E-state index >= 15 is 0 Å². The molecule has 0 bridgehead atoms. The van der Waals surface area contributed by atoms with Crippen LogP contribution in [0.1, 0.15) is 30.5 Å². The Morgan fingerprint density at radius 2 is 2.07 bits per heavy atom. The Hall–Kier alpha value is -3.45. The average Bonchev–Trinajstić information content (AvgIpc) is 3.43. The van der Waals surface area contributed by atoms with Crippen LogP contribution < -0.4 is 10.3 Å². The Kier molecular flexibility index (Phi) is 4.80. The summed E-state index contributed by atoms with van der Waals surface area (Å²) in [6.45, 7) is 1.52. The number of para-hydroxylation sites is 1. The van der Waals surface area contributed by atoms with Gasteiger partial charge in [0.25, 0.3) is 5.56 Å². The number of rotatable bonds is 5. The van der Waals surface area contributed by atoms with Crippen molar-refractivity contribution in [1.82, 2.24) is 24.8 Å². The molecule has 0 radical (unpaired) electrons. The van der Waals surface area contributed by atoms with Crippen LogP contribution >= 0.6 is 0 Å². The maximum Gasteiger partial charge on any atom is 0.258 e. The van der Waals surface area contributed by atoms with E-state index in [1.807, 2.05) is 48.7 Å². The first-order valence-electron chi connectivity index (χ1n) is 10.1. The maximum atomic E-state index is 12.4. The summed E-state index contributed by atoms with van der Waals surface area (Å²) >= 11 is 0. The molecule has 7 heteroatoms. The van der Waals surface area contributed by atoms with Crippen molar-refractivity contribution in [2.24, 2.45) is 0 Å². The van der Waals surface area contributed by atoms with Crippen molar-refractivity contribution < 1.29 is 4.74 Å². The van der Waals surface area contributed by atoms with Gasteiger partial charge in [0, 0.05) is 5.56 Å². The van der Waals surface area contributed by atoms with Gasteiger partial charge in [0.05, 0.1) is 42.5 Å². The van der Waals surface area contributed by atoms with Crippen LogP contribution in [0.15, 0.2) is 59.5 Å². The number of imidazole rings is 1. The third-order valence-electron chi connectivity index (χ3n) is 5.67. The Bertz CT molecular complexity index is 1250. The van der Waals surface area contributed by atoms with Gasteiger partial charge in [0.2, 0.25) is 0 Å². The fourth-order valence-electron chi connectivity index (χ4n) is 4.17. The zero-order valence-electron chi connectivity index (χ0n) is 16.8. The van der Waals surface area contributed by atoms with Crippen LogP contribution in [0.3, 0.4) is 0 Å². The summed E-state index contributed by atoms with van der Waals surface area (Å²) in [5, 5.41) is 0.619. The first kappa shape index (κ1) is 18.6. The summed E-state index contributed by atoms with van der Waals surface area (Å²) in [6.07, 6.45) is 3.97. The fourth-order valence-corrected chi connectivity index (χ4v) is 4.17. The highest BCUT2D eigenvalue weighted by Gasteiger charge is 2.29. The van der Waals surface area contributed by atoms with Crippen molar-refractivity contribution in [1.29, 1.82) is 0 Å². The normalized spacial score (nSPS) is 16.9. The first-order chi connectivity index (χ1) is 14.7. The molecule has 7 nitrogen and oxygen atoms in total. The number of H-pyrrole nitrogens is 2. The van der Waals surface area contributed by atoms with Gasteiger partial charge in [-0.25, -0.2) is 9.97 Å². The molecule has 30 heavy (non-hydrogen) atoms. The standard InChI is InChI=1S/C23H23N5O2/c1-30-16-7-4-6-15(12-16)19-13-24-22(26-19)20-10-5-11-28(20)14-21-25-18-9-3-2-8-17(18)23(29)27-21/h2-4,6-9,12-13,20H,5,10-11,14H2,1H3,(H,24,26)(H,25,27,29)/t20-/m0/s1. The quantitative estimate of drug-likeness (QED) is 0.533.